The van der Waals surface area contributed by atoms with Gasteiger partial charge in [-0.3, -0.25) is 0 Å². The average Bonchev–Trinajstić information content (AvgIpc) is 2.76. The van der Waals surface area contributed by atoms with Crippen molar-refractivity contribution in [3.63, 3.8) is 0 Å². The fraction of sp³-hybridized carbons (Fsp3) is 0.931. The first kappa shape index (κ1) is 29.5. The van der Waals surface area contributed by atoms with E-state index in [4.69, 9.17) is 0 Å². The summed E-state index contributed by atoms with van der Waals surface area (Å²) in [6, 6.07) is 0. The first-order valence-electron chi connectivity index (χ1n) is 14.3. The Morgan fingerprint density at radius 3 is 0.867 bits per heavy atom. The number of rotatable bonds is 27. The lowest BCUT2D eigenvalue weighted by molar-refractivity contribution is 0.516. The molecule has 0 radical (unpaired) electrons. The molecule has 0 aromatic heterocycles. The molecule has 0 aliphatic rings. The standard InChI is InChI=1S/C29H59N/c1-3-5-6-7-8-9-10-11-12-13-14-15-16-17-18-19-20-21-22-23-24-25-26-27-28-29-30-4-2/h4,30H,2-3,5-29H2,1H3. The molecule has 0 unspecified atom stereocenters. The Hall–Kier alpha value is -0.460. The molecule has 0 spiro atoms. The van der Waals surface area contributed by atoms with Crippen LogP contribution in [0, 0.1) is 0 Å². The van der Waals surface area contributed by atoms with Crippen LogP contribution in [0.15, 0.2) is 12.8 Å². The number of unbranched alkanes of at least 4 members (excludes halogenated alkanes) is 24. The summed E-state index contributed by atoms with van der Waals surface area (Å²) in [5.41, 5.74) is 0. The van der Waals surface area contributed by atoms with Crippen LogP contribution in [0.4, 0.5) is 0 Å². The Labute approximate surface area is 192 Å². The Morgan fingerprint density at radius 1 is 0.400 bits per heavy atom. The van der Waals surface area contributed by atoms with E-state index in [2.05, 4.69) is 18.8 Å². The monoisotopic (exact) mass is 421 g/mol. The van der Waals surface area contributed by atoms with Crippen molar-refractivity contribution in [2.45, 2.75) is 167 Å². The van der Waals surface area contributed by atoms with Crippen LogP contribution in [0.3, 0.4) is 0 Å². The highest BCUT2D eigenvalue weighted by Gasteiger charge is 1.96. The molecular weight excluding hydrogens is 362 g/mol. The molecule has 0 amide bonds. The quantitative estimate of drug-likeness (QED) is 0.130. The molecule has 1 nitrogen and oxygen atoms in total. The van der Waals surface area contributed by atoms with E-state index in [1.807, 2.05) is 0 Å². The Kier molecular flexibility index (Phi) is 28.1. The summed E-state index contributed by atoms with van der Waals surface area (Å²) in [6.45, 7) is 7.08. The van der Waals surface area contributed by atoms with Gasteiger partial charge in [-0.2, -0.15) is 0 Å². The molecule has 0 saturated carbocycles. The molecule has 180 valence electrons. The molecule has 0 bridgehead atoms. The lowest BCUT2D eigenvalue weighted by Gasteiger charge is -2.04. The highest BCUT2D eigenvalue weighted by Crippen LogP contribution is 2.15. The minimum Gasteiger partial charge on any atom is -0.391 e. The van der Waals surface area contributed by atoms with Crippen LogP contribution in [0.25, 0.3) is 0 Å². The van der Waals surface area contributed by atoms with E-state index in [9.17, 15) is 0 Å². The van der Waals surface area contributed by atoms with Crippen LogP contribution >= 0.6 is 0 Å². The maximum Gasteiger partial charge on any atom is 0.0141 e. The van der Waals surface area contributed by atoms with Crippen molar-refractivity contribution < 1.29 is 0 Å². The van der Waals surface area contributed by atoms with Crippen molar-refractivity contribution in [2.75, 3.05) is 6.54 Å². The Bertz CT molecular complexity index is 299. The zero-order valence-corrected chi connectivity index (χ0v) is 21.2. The van der Waals surface area contributed by atoms with Crippen LogP contribution in [-0.4, -0.2) is 6.54 Å². The van der Waals surface area contributed by atoms with Gasteiger partial charge in [0.2, 0.25) is 0 Å². The van der Waals surface area contributed by atoms with Crippen molar-refractivity contribution in [1.29, 1.82) is 0 Å². The topological polar surface area (TPSA) is 12.0 Å². The van der Waals surface area contributed by atoms with Crippen LogP contribution in [0.2, 0.25) is 0 Å². The predicted octanol–water partition coefficient (Wildman–Crippen LogP) is 10.5. The van der Waals surface area contributed by atoms with Crippen LogP contribution < -0.4 is 5.32 Å². The third-order valence-corrected chi connectivity index (χ3v) is 6.57. The number of hydrogen-bond acceptors (Lipinski definition) is 1. The lowest BCUT2D eigenvalue weighted by atomic mass is 10.0. The van der Waals surface area contributed by atoms with Gasteiger partial charge in [0.15, 0.2) is 0 Å². The largest absolute Gasteiger partial charge is 0.391 e. The number of nitrogens with one attached hydrogen (secondary N) is 1. The van der Waals surface area contributed by atoms with Crippen LogP contribution in [0.1, 0.15) is 167 Å². The van der Waals surface area contributed by atoms with E-state index in [1.54, 1.807) is 6.20 Å². The molecule has 0 saturated heterocycles. The van der Waals surface area contributed by atoms with Gasteiger partial charge in [0.05, 0.1) is 0 Å². The van der Waals surface area contributed by atoms with Gasteiger partial charge in [-0.25, -0.2) is 0 Å². The molecule has 0 aliphatic heterocycles. The molecule has 0 aromatic carbocycles. The molecule has 1 heteroatoms. The van der Waals surface area contributed by atoms with E-state index >= 15 is 0 Å². The van der Waals surface area contributed by atoms with Crippen LogP contribution in [-0.2, 0) is 0 Å². The lowest BCUT2D eigenvalue weighted by Crippen LogP contribution is -2.05. The van der Waals surface area contributed by atoms with Crippen molar-refractivity contribution in [2.24, 2.45) is 0 Å². The molecule has 0 aromatic rings. The van der Waals surface area contributed by atoms with E-state index in [1.165, 1.54) is 161 Å². The van der Waals surface area contributed by atoms with Crippen molar-refractivity contribution >= 4 is 0 Å². The summed E-state index contributed by atoms with van der Waals surface area (Å²) in [6.07, 6.45) is 38.2. The van der Waals surface area contributed by atoms with Gasteiger partial charge in [-0.1, -0.05) is 168 Å². The first-order valence-corrected chi connectivity index (χ1v) is 14.3. The molecule has 0 heterocycles. The Morgan fingerprint density at radius 2 is 0.633 bits per heavy atom. The first-order chi connectivity index (χ1) is 14.9. The van der Waals surface area contributed by atoms with E-state index in [-0.39, 0.29) is 0 Å². The van der Waals surface area contributed by atoms with Crippen molar-refractivity contribution in [3.8, 4) is 0 Å². The maximum atomic E-state index is 3.68. The van der Waals surface area contributed by atoms with Gasteiger partial charge in [0.25, 0.3) is 0 Å². The van der Waals surface area contributed by atoms with Gasteiger partial charge < -0.3 is 5.32 Å². The second-order valence-corrected chi connectivity index (χ2v) is 9.64. The van der Waals surface area contributed by atoms with Gasteiger partial charge in [-0.05, 0) is 12.6 Å². The molecule has 30 heavy (non-hydrogen) atoms. The van der Waals surface area contributed by atoms with Gasteiger partial charge >= 0.3 is 0 Å². The molecule has 0 atom stereocenters. The van der Waals surface area contributed by atoms with Crippen molar-refractivity contribution in [1.82, 2.24) is 5.32 Å². The predicted molar refractivity (Wildman–Crippen MR) is 139 cm³/mol. The maximum absolute atomic E-state index is 3.68. The number of hydrogen-bond donors (Lipinski definition) is 1. The van der Waals surface area contributed by atoms with Gasteiger partial charge in [0.1, 0.15) is 0 Å². The minimum absolute atomic E-state index is 1.10. The molecule has 1 N–H and O–H groups in total. The summed E-state index contributed by atoms with van der Waals surface area (Å²) in [5.74, 6) is 0. The van der Waals surface area contributed by atoms with E-state index in [0.29, 0.717) is 0 Å². The zero-order valence-electron chi connectivity index (χ0n) is 21.2. The highest BCUT2D eigenvalue weighted by atomic mass is 14.8. The minimum atomic E-state index is 1.10. The normalized spacial score (nSPS) is 11.1. The fourth-order valence-corrected chi connectivity index (χ4v) is 4.47. The van der Waals surface area contributed by atoms with E-state index < -0.39 is 0 Å². The average molecular weight is 422 g/mol. The summed E-state index contributed by atoms with van der Waals surface area (Å²) in [7, 11) is 0. The van der Waals surface area contributed by atoms with E-state index in [0.717, 1.165) is 6.54 Å². The molecule has 0 rings (SSSR count). The second kappa shape index (κ2) is 28.5. The van der Waals surface area contributed by atoms with Gasteiger partial charge in [0, 0.05) is 6.54 Å². The fourth-order valence-electron chi connectivity index (χ4n) is 4.47. The molecular formula is C29H59N. The summed E-state index contributed by atoms with van der Waals surface area (Å²) >= 11 is 0. The highest BCUT2D eigenvalue weighted by molar-refractivity contribution is 4.62. The van der Waals surface area contributed by atoms with Gasteiger partial charge in [-0.15, -0.1) is 0 Å². The zero-order chi connectivity index (χ0) is 21.8. The SMILES string of the molecule is C=CNCCCCCCCCCCCCCCCCCCCCCCCCCCC. The van der Waals surface area contributed by atoms with Crippen molar-refractivity contribution in [3.05, 3.63) is 12.8 Å². The summed E-state index contributed by atoms with van der Waals surface area (Å²) in [5, 5.41) is 3.18. The smallest absolute Gasteiger partial charge is 0.0141 e. The third kappa shape index (κ3) is 27.5. The Balaban J connectivity index is 2.98. The molecule has 0 aliphatic carbocycles. The summed E-state index contributed by atoms with van der Waals surface area (Å²) < 4.78 is 0. The second-order valence-electron chi connectivity index (χ2n) is 9.64. The summed E-state index contributed by atoms with van der Waals surface area (Å²) in [4.78, 5) is 0. The van der Waals surface area contributed by atoms with Crippen LogP contribution in [0.5, 0.6) is 0 Å². The molecule has 0 fully saturated rings. The third-order valence-electron chi connectivity index (χ3n) is 6.57.